The van der Waals surface area contributed by atoms with E-state index in [1.165, 1.54) is 6.07 Å². The van der Waals surface area contributed by atoms with Gasteiger partial charge in [-0.1, -0.05) is 6.07 Å². The van der Waals surface area contributed by atoms with Crippen molar-refractivity contribution in [3.05, 3.63) is 34.5 Å². The molecule has 1 aromatic heterocycles. The second-order valence-corrected chi connectivity index (χ2v) is 3.60. The molecular weight excluding hydrogens is 201 g/mol. The average Bonchev–Trinajstić information content (AvgIpc) is 2.62. The van der Waals surface area contributed by atoms with Crippen molar-refractivity contribution in [3.63, 3.8) is 0 Å². The summed E-state index contributed by atoms with van der Waals surface area (Å²) >= 11 is 1.14. The molecule has 2 aromatic rings. The molecule has 1 heterocycles. The molecule has 4 heteroatoms. The fourth-order valence-electron chi connectivity index (χ4n) is 1.26. The predicted molar refractivity (Wildman–Crippen MR) is 51.9 cm³/mol. The van der Waals surface area contributed by atoms with E-state index in [1.54, 1.807) is 17.5 Å². The molecule has 0 spiro atoms. The number of halogens is 1. The van der Waals surface area contributed by atoms with Crippen molar-refractivity contribution in [1.29, 1.82) is 5.26 Å². The Balaban J connectivity index is 2.87. The van der Waals surface area contributed by atoms with Gasteiger partial charge >= 0.3 is 0 Å². The first kappa shape index (κ1) is 8.85. The third kappa shape index (κ3) is 1.10. The van der Waals surface area contributed by atoms with Crippen LogP contribution >= 0.6 is 11.3 Å². The van der Waals surface area contributed by atoms with E-state index in [0.29, 0.717) is 21.9 Å². The van der Waals surface area contributed by atoms with Crippen LogP contribution in [0, 0.1) is 17.1 Å². The number of carbonyl (C=O) groups excluding carboxylic acids is 1. The van der Waals surface area contributed by atoms with Gasteiger partial charge in [0.1, 0.15) is 6.07 Å². The maximum absolute atomic E-state index is 13.5. The van der Waals surface area contributed by atoms with Crippen molar-refractivity contribution in [3.8, 4) is 6.07 Å². The Labute approximate surface area is 83.2 Å². The largest absolute Gasteiger partial charge is 0.298 e. The van der Waals surface area contributed by atoms with Gasteiger partial charge in [-0.05, 0) is 6.07 Å². The van der Waals surface area contributed by atoms with E-state index >= 15 is 0 Å². The number of nitriles is 1. The van der Waals surface area contributed by atoms with Crippen molar-refractivity contribution < 1.29 is 9.18 Å². The SMILES string of the molecule is N#Cc1ccc2c(C=O)csc2c1F. The molecule has 0 radical (unpaired) electrons. The van der Waals surface area contributed by atoms with Crippen LogP contribution in [-0.2, 0) is 0 Å². The molecule has 0 saturated heterocycles. The van der Waals surface area contributed by atoms with E-state index in [4.69, 9.17) is 5.26 Å². The Morgan fingerprint density at radius 2 is 2.29 bits per heavy atom. The molecule has 0 N–H and O–H groups in total. The monoisotopic (exact) mass is 205 g/mol. The Morgan fingerprint density at radius 3 is 2.93 bits per heavy atom. The minimum absolute atomic E-state index is 0.0109. The summed E-state index contributed by atoms with van der Waals surface area (Å²) in [5.74, 6) is -0.539. The summed E-state index contributed by atoms with van der Waals surface area (Å²) in [6.07, 6.45) is 0.685. The number of aldehydes is 1. The van der Waals surface area contributed by atoms with Crippen LogP contribution in [0.5, 0.6) is 0 Å². The van der Waals surface area contributed by atoms with Gasteiger partial charge in [0.15, 0.2) is 12.1 Å². The number of fused-ring (bicyclic) bond motifs is 1. The summed E-state index contributed by atoms with van der Waals surface area (Å²) in [5.41, 5.74) is 0.477. The highest BCUT2D eigenvalue weighted by atomic mass is 32.1. The first-order valence-electron chi connectivity index (χ1n) is 3.83. The molecule has 0 aliphatic heterocycles. The Bertz CT molecular complexity index is 553. The fourth-order valence-corrected chi connectivity index (χ4v) is 2.22. The molecule has 0 saturated carbocycles. The highest BCUT2D eigenvalue weighted by Crippen LogP contribution is 2.28. The number of rotatable bonds is 1. The number of nitrogens with zero attached hydrogens (tertiary/aromatic N) is 1. The van der Waals surface area contributed by atoms with Crippen LogP contribution in [-0.4, -0.2) is 6.29 Å². The van der Waals surface area contributed by atoms with Crippen LogP contribution in [0.3, 0.4) is 0 Å². The molecule has 0 fully saturated rings. The first-order chi connectivity index (χ1) is 6.77. The van der Waals surface area contributed by atoms with Crippen LogP contribution in [0.1, 0.15) is 15.9 Å². The third-order valence-electron chi connectivity index (χ3n) is 1.96. The van der Waals surface area contributed by atoms with E-state index in [0.717, 1.165) is 11.3 Å². The molecule has 0 bridgehead atoms. The zero-order valence-electron chi connectivity index (χ0n) is 6.95. The second kappa shape index (κ2) is 3.20. The molecule has 0 atom stereocenters. The van der Waals surface area contributed by atoms with E-state index < -0.39 is 5.82 Å². The average molecular weight is 205 g/mol. The maximum atomic E-state index is 13.5. The first-order valence-corrected chi connectivity index (χ1v) is 4.71. The summed E-state index contributed by atoms with van der Waals surface area (Å²) in [4.78, 5) is 10.6. The molecule has 14 heavy (non-hydrogen) atoms. The van der Waals surface area contributed by atoms with Gasteiger partial charge in [0.05, 0.1) is 10.3 Å². The number of carbonyl (C=O) groups is 1. The van der Waals surface area contributed by atoms with Crippen molar-refractivity contribution in [2.75, 3.05) is 0 Å². The number of hydrogen-bond donors (Lipinski definition) is 0. The molecular formula is C10H4FNOS. The van der Waals surface area contributed by atoms with Gasteiger partial charge in [0, 0.05) is 16.3 Å². The van der Waals surface area contributed by atoms with Gasteiger partial charge in [-0.2, -0.15) is 5.26 Å². The molecule has 2 rings (SSSR count). The van der Waals surface area contributed by atoms with E-state index in [1.807, 2.05) is 0 Å². The number of thiophene rings is 1. The van der Waals surface area contributed by atoms with Crippen molar-refractivity contribution in [1.82, 2.24) is 0 Å². The van der Waals surface area contributed by atoms with Gasteiger partial charge in [0.25, 0.3) is 0 Å². The topological polar surface area (TPSA) is 40.9 Å². The summed E-state index contributed by atoms with van der Waals surface area (Å²) in [6, 6.07) is 4.74. The molecule has 68 valence electrons. The number of benzene rings is 1. The van der Waals surface area contributed by atoms with Gasteiger partial charge in [-0.3, -0.25) is 4.79 Å². The van der Waals surface area contributed by atoms with Gasteiger partial charge in [-0.25, -0.2) is 4.39 Å². The zero-order chi connectivity index (χ0) is 10.1. The van der Waals surface area contributed by atoms with Gasteiger partial charge in [0.2, 0.25) is 0 Å². The Morgan fingerprint density at radius 1 is 1.50 bits per heavy atom. The Hall–Kier alpha value is -1.73. The standard InChI is InChI=1S/C10H4FNOS/c11-9-6(3-12)1-2-8-7(4-13)5-14-10(8)9/h1-2,4-5H. The Kier molecular flexibility index (Phi) is 2.02. The lowest BCUT2D eigenvalue weighted by atomic mass is 10.1. The summed E-state index contributed by atoms with van der Waals surface area (Å²) in [6.45, 7) is 0. The predicted octanol–water partition coefficient (Wildman–Crippen LogP) is 2.72. The third-order valence-corrected chi connectivity index (χ3v) is 2.97. The quantitative estimate of drug-likeness (QED) is 0.671. The molecule has 0 unspecified atom stereocenters. The van der Waals surface area contributed by atoms with E-state index in [9.17, 15) is 9.18 Å². The highest BCUT2D eigenvalue weighted by molar-refractivity contribution is 7.17. The summed E-state index contributed by atoms with van der Waals surface area (Å²) in [5, 5.41) is 10.7. The van der Waals surface area contributed by atoms with Crippen molar-refractivity contribution in [2.24, 2.45) is 0 Å². The molecule has 2 nitrogen and oxygen atoms in total. The smallest absolute Gasteiger partial charge is 0.158 e. The van der Waals surface area contributed by atoms with Crippen LogP contribution in [0.25, 0.3) is 10.1 Å². The van der Waals surface area contributed by atoms with Crippen molar-refractivity contribution >= 4 is 27.7 Å². The van der Waals surface area contributed by atoms with E-state index in [2.05, 4.69) is 0 Å². The van der Waals surface area contributed by atoms with Gasteiger partial charge in [-0.15, -0.1) is 11.3 Å². The minimum Gasteiger partial charge on any atom is -0.298 e. The zero-order valence-corrected chi connectivity index (χ0v) is 7.77. The van der Waals surface area contributed by atoms with E-state index in [-0.39, 0.29) is 5.56 Å². The van der Waals surface area contributed by atoms with Crippen LogP contribution in [0.2, 0.25) is 0 Å². The maximum Gasteiger partial charge on any atom is 0.158 e. The van der Waals surface area contributed by atoms with Crippen LogP contribution in [0.15, 0.2) is 17.5 Å². The van der Waals surface area contributed by atoms with Crippen LogP contribution < -0.4 is 0 Å². The molecule has 0 amide bonds. The highest BCUT2D eigenvalue weighted by Gasteiger charge is 2.11. The molecule has 0 aliphatic rings. The lowest BCUT2D eigenvalue weighted by Crippen LogP contribution is -1.83. The lowest BCUT2D eigenvalue weighted by Gasteiger charge is -1.94. The fraction of sp³-hybridized carbons (Fsp3) is 0. The second-order valence-electron chi connectivity index (χ2n) is 2.72. The van der Waals surface area contributed by atoms with Gasteiger partial charge < -0.3 is 0 Å². The van der Waals surface area contributed by atoms with Crippen molar-refractivity contribution in [2.45, 2.75) is 0 Å². The normalized spacial score (nSPS) is 10.0. The summed E-state index contributed by atoms with van der Waals surface area (Å²) < 4.78 is 13.9. The number of hydrogen-bond acceptors (Lipinski definition) is 3. The molecule has 1 aromatic carbocycles. The lowest BCUT2D eigenvalue weighted by molar-refractivity contribution is 0.112. The van der Waals surface area contributed by atoms with Crippen LogP contribution in [0.4, 0.5) is 4.39 Å². The minimum atomic E-state index is -0.539. The molecule has 0 aliphatic carbocycles. The summed E-state index contributed by atoms with van der Waals surface area (Å²) in [7, 11) is 0.